The van der Waals surface area contributed by atoms with E-state index in [4.69, 9.17) is 4.98 Å². The molecule has 4 rings (SSSR count). The first-order valence-corrected chi connectivity index (χ1v) is 11.8. The fourth-order valence-electron chi connectivity index (χ4n) is 4.06. The number of carbonyl (C=O) groups excluding carboxylic acids is 1. The van der Waals surface area contributed by atoms with Crippen LogP contribution in [0.25, 0.3) is 16.6 Å². The smallest absolute Gasteiger partial charge is 0.266 e. The van der Waals surface area contributed by atoms with Gasteiger partial charge in [-0.15, -0.1) is 0 Å². The van der Waals surface area contributed by atoms with Gasteiger partial charge in [0.15, 0.2) is 0 Å². The van der Waals surface area contributed by atoms with E-state index >= 15 is 0 Å². The van der Waals surface area contributed by atoms with Gasteiger partial charge in [-0.2, -0.15) is 0 Å². The fraction of sp³-hybridized carbons (Fsp3) is 0.222. The van der Waals surface area contributed by atoms with Gasteiger partial charge in [-0.25, -0.2) is 4.98 Å². The van der Waals surface area contributed by atoms with Crippen molar-refractivity contribution in [2.75, 3.05) is 6.54 Å². The molecule has 33 heavy (non-hydrogen) atoms. The highest BCUT2D eigenvalue weighted by Crippen LogP contribution is 2.25. The summed E-state index contributed by atoms with van der Waals surface area (Å²) in [6.45, 7) is 8.40. The molecular weight excluding hydrogens is 478 g/mol. The molecule has 0 spiro atoms. The van der Waals surface area contributed by atoms with Crippen LogP contribution in [-0.2, 0) is 0 Å². The summed E-state index contributed by atoms with van der Waals surface area (Å²) in [5, 5.41) is 0.549. The van der Waals surface area contributed by atoms with Crippen molar-refractivity contribution in [3.8, 4) is 5.69 Å². The Morgan fingerprint density at radius 2 is 1.79 bits per heavy atom. The minimum Gasteiger partial charge on any atom is -0.329 e. The van der Waals surface area contributed by atoms with Crippen LogP contribution in [0, 0.1) is 13.8 Å². The zero-order valence-corrected chi connectivity index (χ0v) is 20.8. The summed E-state index contributed by atoms with van der Waals surface area (Å²) in [5.74, 6) is 0.424. The molecule has 5 nitrogen and oxygen atoms in total. The second-order valence-corrected chi connectivity index (χ2v) is 9.09. The van der Waals surface area contributed by atoms with E-state index in [1.54, 1.807) is 21.6 Å². The lowest BCUT2D eigenvalue weighted by atomic mass is 10.1. The van der Waals surface area contributed by atoms with Gasteiger partial charge in [0.25, 0.3) is 11.5 Å². The van der Waals surface area contributed by atoms with Crippen LogP contribution in [0.4, 0.5) is 0 Å². The van der Waals surface area contributed by atoms with Crippen LogP contribution in [0.3, 0.4) is 0 Å². The number of aryl methyl sites for hydroxylation is 2. The molecule has 0 fully saturated rings. The molecule has 1 atom stereocenters. The van der Waals surface area contributed by atoms with E-state index in [0.717, 1.165) is 21.3 Å². The molecule has 4 aromatic rings. The largest absolute Gasteiger partial charge is 0.329 e. The highest BCUT2D eigenvalue weighted by Gasteiger charge is 2.26. The Morgan fingerprint density at radius 3 is 2.48 bits per heavy atom. The molecule has 1 unspecified atom stereocenters. The summed E-state index contributed by atoms with van der Waals surface area (Å²) >= 11 is 3.45. The second-order valence-electron chi connectivity index (χ2n) is 8.17. The zero-order chi connectivity index (χ0) is 23.7. The van der Waals surface area contributed by atoms with Crippen molar-refractivity contribution in [2.45, 2.75) is 33.7 Å². The highest BCUT2D eigenvalue weighted by atomic mass is 79.9. The van der Waals surface area contributed by atoms with Gasteiger partial charge in [0, 0.05) is 16.6 Å². The Balaban J connectivity index is 1.92. The molecule has 1 aromatic heterocycles. The van der Waals surface area contributed by atoms with Gasteiger partial charge in [0.2, 0.25) is 0 Å². The predicted octanol–water partition coefficient (Wildman–Crippen LogP) is 5.99. The molecule has 1 amide bonds. The summed E-state index contributed by atoms with van der Waals surface area (Å²) in [5.41, 5.74) is 4.04. The van der Waals surface area contributed by atoms with Crippen LogP contribution >= 0.6 is 15.9 Å². The number of nitrogens with zero attached hydrogens (tertiary/aromatic N) is 3. The third-order valence-corrected chi connectivity index (χ3v) is 6.56. The highest BCUT2D eigenvalue weighted by molar-refractivity contribution is 9.10. The summed E-state index contributed by atoms with van der Waals surface area (Å²) in [4.78, 5) is 33.7. The lowest BCUT2D eigenvalue weighted by Gasteiger charge is -2.30. The molecule has 0 aliphatic rings. The molecule has 0 saturated carbocycles. The normalized spacial score (nSPS) is 12.0. The average Bonchev–Trinajstić information content (AvgIpc) is 2.81. The lowest BCUT2D eigenvalue weighted by molar-refractivity contribution is 0.0693. The van der Waals surface area contributed by atoms with Gasteiger partial charge in [0.05, 0.1) is 22.6 Å². The maximum atomic E-state index is 13.7. The van der Waals surface area contributed by atoms with E-state index in [2.05, 4.69) is 15.9 Å². The molecule has 0 N–H and O–H groups in total. The van der Waals surface area contributed by atoms with E-state index < -0.39 is 6.04 Å². The number of rotatable bonds is 5. The number of carbonyl (C=O) groups is 1. The Bertz CT molecular complexity index is 1410. The predicted molar refractivity (Wildman–Crippen MR) is 136 cm³/mol. The molecule has 0 aliphatic carbocycles. The third-order valence-electron chi connectivity index (χ3n) is 6.06. The number of hydrogen-bond donors (Lipinski definition) is 0. The van der Waals surface area contributed by atoms with Crippen LogP contribution in [0.5, 0.6) is 0 Å². The van der Waals surface area contributed by atoms with Crippen molar-refractivity contribution in [3.63, 3.8) is 0 Å². The third kappa shape index (κ3) is 4.35. The first kappa shape index (κ1) is 22.9. The number of para-hydroxylation sites is 1. The van der Waals surface area contributed by atoms with Crippen molar-refractivity contribution in [2.24, 2.45) is 0 Å². The molecule has 0 aliphatic heterocycles. The van der Waals surface area contributed by atoms with Crippen LogP contribution in [0.15, 0.2) is 76.0 Å². The van der Waals surface area contributed by atoms with Gasteiger partial charge >= 0.3 is 0 Å². The van der Waals surface area contributed by atoms with E-state index in [1.165, 1.54) is 0 Å². The topological polar surface area (TPSA) is 55.2 Å². The van der Waals surface area contributed by atoms with Crippen molar-refractivity contribution in [3.05, 3.63) is 104 Å². The van der Waals surface area contributed by atoms with Gasteiger partial charge in [-0.3, -0.25) is 14.2 Å². The van der Waals surface area contributed by atoms with E-state index in [1.807, 2.05) is 82.3 Å². The number of aromatic nitrogens is 2. The van der Waals surface area contributed by atoms with Gasteiger partial charge < -0.3 is 4.90 Å². The summed E-state index contributed by atoms with van der Waals surface area (Å²) in [6.07, 6.45) is 0. The minimum absolute atomic E-state index is 0.111. The summed E-state index contributed by atoms with van der Waals surface area (Å²) < 4.78 is 2.49. The van der Waals surface area contributed by atoms with Crippen LogP contribution in [0.2, 0.25) is 0 Å². The number of halogens is 1. The van der Waals surface area contributed by atoms with Crippen molar-refractivity contribution in [1.82, 2.24) is 14.5 Å². The monoisotopic (exact) mass is 503 g/mol. The van der Waals surface area contributed by atoms with E-state index in [9.17, 15) is 9.59 Å². The van der Waals surface area contributed by atoms with Crippen molar-refractivity contribution >= 4 is 32.7 Å². The van der Waals surface area contributed by atoms with Crippen molar-refractivity contribution < 1.29 is 4.79 Å². The maximum Gasteiger partial charge on any atom is 0.266 e. The Hall–Kier alpha value is -3.25. The second kappa shape index (κ2) is 9.32. The Morgan fingerprint density at radius 1 is 1.03 bits per heavy atom. The molecular formula is C27H26BrN3O2. The molecule has 0 radical (unpaired) electrons. The van der Waals surface area contributed by atoms with Gasteiger partial charge in [-0.05, 0) is 81.3 Å². The minimum atomic E-state index is -0.430. The van der Waals surface area contributed by atoms with Gasteiger partial charge in [-0.1, -0.05) is 40.2 Å². The fourth-order valence-corrected chi connectivity index (χ4v) is 4.46. The number of fused-ring (bicyclic) bond motifs is 1. The van der Waals surface area contributed by atoms with E-state index in [0.29, 0.717) is 28.8 Å². The number of hydrogen-bond acceptors (Lipinski definition) is 3. The van der Waals surface area contributed by atoms with Gasteiger partial charge in [0.1, 0.15) is 5.82 Å². The summed E-state index contributed by atoms with van der Waals surface area (Å²) in [7, 11) is 0. The first-order chi connectivity index (χ1) is 15.8. The zero-order valence-electron chi connectivity index (χ0n) is 19.2. The van der Waals surface area contributed by atoms with Crippen LogP contribution in [-0.4, -0.2) is 26.9 Å². The van der Waals surface area contributed by atoms with Crippen LogP contribution in [0.1, 0.15) is 47.2 Å². The number of amides is 1. The maximum absolute atomic E-state index is 13.7. The lowest BCUT2D eigenvalue weighted by Crippen LogP contribution is -2.37. The van der Waals surface area contributed by atoms with Crippen molar-refractivity contribution in [1.29, 1.82) is 0 Å². The summed E-state index contributed by atoms with van der Waals surface area (Å²) in [6, 6.07) is 20.2. The Kier molecular flexibility index (Phi) is 6.47. The Labute approximate surface area is 201 Å². The molecule has 3 aromatic carbocycles. The van der Waals surface area contributed by atoms with Crippen LogP contribution < -0.4 is 5.56 Å². The molecule has 168 valence electrons. The average molecular weight is 504 g/mol. The first-order valence-electron chi connectivity index (χ1n) is 11.0. The molecule has 0 saturated heterocycles. The SMILES string of the molecule is CCN(C(=O)c1cccc(Br)c1)C(C)c1nc2ccccc2c(=O)n1-c1ccc(C)c(C)c1. The quantitative estimate of drug-likeness (QED) is 0.336. The molecule has 1 heterocycles. The molecule has 6 heteroatoms. The standard InChI is InChI=1S/C27H26BrN3O2/c1-5-30(26(32)20-9-8-10-21(28)16-20)19(4)25-29-24-12-7-6-11-23(24)27(33)31(25)22-14-13-17(2)18(3)15-22/h6-16,19H,5H2,1-4H3. The van der Waals surface area contributed by atoms with E-state index in [-0.39, 0.29) is 11.5 Å². The molecule has 0 bridgehead atoms. The number of benzene rings is 3.